The van der Waals surface area contributed by atoms with Crippen molar-refractivity contribution in [2.24, 2.45) is 0 Å². The molecule has 1 aliphatic heterocycles. The fraction of sp³-hybridized carbons (Fsp3) is 0.316. The van der Waals surface area contributed by atoms with Gasteiger partial charge in [0, 0.05) is 31.1 Å². The fourth-order valence-electron chi connectivity index (χ4n) is 3.42. The molecule has 1 saturated heterocycles. The molecular weight excluding hydrogens is 318 g/mol. The van der Waals surface area contributed by atoms with Gasteiger partial charge in [-0.1, -0.05) is 12.1 Å². The molecule has 3 aromatic rings. The van der Waals surface area contributed by atoms with Crippen LogP contribution in [0.15, 0.2) is 45.6 Å². The molecule has 1 aliphatic rings. The average molecular weight is 337 g/mol. The standard InChI is InChI=1S/C19H19N3O3/c1-12-9-14(23)10-17(25-12)19(24)22-8-4-5-13(11-22)18-20-15-6-2-3-7-16(15)21-18/h2-3,6-7,9-10,13H,4-5,8,11H2,1H3,(H,20,21)/t13-/m1/s1. The van der Waals surface area contributed by atoms with Gasteiger partial charge < -0.3 is 14.3 Å². The Morgan fingerprint density at radius 2 is 2.16 bits per heavy atom. The highest BCUT2D eigenvalue weighted by Crippen LogP contribution is 2.27. The summed E-state index contributed by atoms with van der Waals surface area (Å²) in [6.45, 7) is 2.90. The summed E-state index contributed by atoms with van der Waals surface area (Å²) in [7, 11) is 0. The number of para-hydroxylation sites is 2. The number of likely N-dealkylation sites (tertiary alicyclic amines) is 1. The third-order valence-corrected chi connectivity index (χ3v) is 4.60. The lowest BCUT2D eigenvalue weighted by Gasteiger charge is -2.31. The van der Waals surface area contributed by atoms with Crippen LogP contribution >= 0.6 is 0 Å². The number of hydrogen-bond acceptors (Lipinski definition) is 4. The van der Waals surface area contributed by atoms with E-state index in [0.29, 0.717) is 18.8 Å². The number of amides is 1. The Balaban J connectivity index is 1.58. The molecule has 6 heteroatoms. The topological polar surface area (TPSA) is 79.2 Å². The molecule has 1 aromatic carbocycles. The fourth-order valence-corrected chi connectivity index (χ4v) is 3.42. The molecule has 3 heterocycles. The first kappa shape index (κ1) is 15.6. The van der Waals surface area contributed by atoms with Crippen molar-refractivity contribution in [3.05, 3.63) is 64.0 Å². The number of nitrogens with one attached hydrogen (secondary N) is 1. The smallest absolute Gasteiger partial charge is 0.289 e. The van der Waals surface area contributed by atoms with E-state index in [1.54, 1.807) is 11.8 Å². The minimum absolute atomic E-state index is 0.107. The minimum atomic E-state index is -0.235. The van der Waals surface area contributed by atoms with Gasteiger partial charge >= 0.3 is 0 Å². The predicted molar refractivity (Wildman–Crippen MR) is 93.7 cm³/mol. The number of hydrogen-bond donors (Lipinski definition) is 1. The normalized spacial score (nSPS) is 17.8. The van der Waals surface area contributed by atoms with Crippen molar-refractivity contribution in [2.45, 2.75) is 25.7 Å². The van der Waals surface area contributed by atoms with Crippen LogP contribution in [-0.2, 0) is 0 Å². The molecule has 1 atom stereocenters. The first-order chi connectivity index (χ1) is 12.1. The second kappa shape index (κ2) is 6.20. The van der Waals surface area contributed by atoms with Gasteiger partial charge in [-0.2, -0.15) is 0 Å². The van der Waals surface area contributed by atoms with Gasteiger partial charge in [0.05, 0.1) is 11.0 Å². The van der Waals surface area contributed by atoms with Crippen molar-refractivity contribution >= 4 is 16.9 Å². The molecule has 0 radical (unpaired) electrons. The number of rotatable bonds is 2. The Labute approximate surface area is 144 Å². The van der Waals surface area contributed by atoms with Crippen molar-refractivity contribution in [1.82, 2.24) is 14.9 Å². The van der Waals surface area contributed by atoms with E-state index in [1.165, 1.54) is 12.1 Å². The third-order valence-electron chi connectivity index (χ3n) is 4.60. The van der Waals surface area contributed by atoms with Crippen molar-refractivity contribution < 1.29 is 9.21 Å². The summed E-state index contributed by atoms with van der Waals surface area (Å²) in [5, 5.41) is 0. The lowest BCUT2D eigenvalue weighted by molar-refractivity contribution is 0.0668. The number of benzene rings is 1. The predicted octanol–water partition coefficient (Wildman–Crippen LogP) is 2.84. The summed E-state index contributed by atoms with van der Waals surface area (Å²) in [5.74, 6) is 1.38. The van der Waals surface area contributed by atoms with Crippen LogP contribution in [0.3, 0.4) is 0 Å². The molecule has 1 fully saturated rings. The molecule has 0 spiro atoms. The molecule has 0 aliphatic carbocycles. The largest absolute Gasteiger partial charge is 0.456 e. The molecule has 6 nitrogen and oxygen atoms in total. The molecule has 25 heavy (non-hydrogen) atoms. The van der Waals surface area contributed by atoms with E-state index < -0.39 is 0 Å². The second-order valence-electron chi connectivity index (χ2n) is 6.50. The van der Waals surface area contributed by atoms with Gasteiger partial charge in [0.15, 0.2) is 11.2 Å². The van der Waals surface area contributed by atoms with Gasteiger partial charge in [0.1, 0.15) is 11.6 Å². The van der Waals surface area contributed by atoms with Crippen LogP contribution in [-0.4, -0.2) is 33.9 Å². The van der Waals surface area contributed by atoms with Crippen molar-refractivity contribution in [3.63, 3.8) is 0 Å². The van der Waals surface area contributed by atoms with Crippen LogP contribution in [0, 0.1) is 6.92 Å². The first-order valence-corrected chi connectivity index (χ1v) is 8.46. The van der Waals surface area contributed by atoms with Gasteiger partial charge in [0.2, 0.25) is 0 Å². The monoisotopic (exact) mass is 337 g/mol. The number of imidazole rings is 1. The number of carbonyl (C=O) groups is 1. The van der Waals surface area contributed by atoms with Crippen molar-refractivity contribution in [1.29, 1.82) is 0 Å². The number of carbonyl (C=O) groups excluding carboxylic acids is 1. The van der Waals surface area contributed by atoms with Crippen molar-refractivity contribution in [3.8, 4) is 0 Å². The second-order valence-corrected chi connectivity index (χ2v) is 6.50. The summed E-state index contributed by atoms with van der Waals surface area (Å²) >= 11 is 0. The molecule has 1 N–H and O–H groups in total. The van der Waals surface area contributed by atoms with E-state index in [2.05, 4.69) is 9.97 Å². The summed E-state index contributed by atoms with van der Waals surface area (Å²) in [6, 6.07) is 10.6. The number of nitrogens with zero attached hydrogens (tertiary/aromatic N) is 2. The summed E-state index contributed by atoms with van der Waals surface area (Å²) < 4.78 is 5.45. The van der Waals surface area contributed by atoms with E-state index in [9.17, 15) is 9.59 Å². The van der Waals surface area contributed by atoms with Crippen LogP contribution in [0.1, 0.15) is 40.9 Å². The minimum Gasteiger partial charge on any atom is -0.456 e. The Hall–Kier alpha value is -2.89. The summed E-state index contributed by atoms with van der Waals surface area (Å²) in [5.41, 5.74) is 1.73. The number of fused-ring (bicyclic) bond motifs is 1. The van der Waals surface area contributed by atoms with Gasteiger partial charge in [0.25, 0.3) is 5.91 Å². The molecular formula is C19H19N3O3. The van der Waals surface area contributed by atoms with Gasteiger partial charge in [-0.25, -0.2) is 4.98 Å². The van der Waals surface area contributed by atoms with E-state index in [0.717, 1.165) is 29.7 Å². The maximum absolute atomic E-state index is 12.7. The van der Waals surface area contributed by atoms with Gasteiger partial charge in [-0.05, 0) is 31.9 Å². The SMILES string of the molecule is Cc1cc(=O)cc(C(=O)N2CCC[C@@H](c3nc4ccccc4[nH]3)C2)o1. The highest BCUT2D eigenvalue weighted by molar-refractivity contribution is 5.91. The summed E-state index contributed by atoms with van der Waals surface area (Å²) in [4.78, 5) is 34.1. The van der Waals surface area contributed by atoms with E-state index in [-0.39, 0.29) is 23.0 Å². The Morgan fingerprint density at radius 1 is 1.32 bits per heavy atom. The highest BCUT2D eigenvalue weighted by atomic mass is 16.3. The Kier molecular flexibility index (Phi) is 3.87. The van der Waals surface area contributed by atoms with E-state index in [4.69, 9.17) is 4.42 Å². The zero-order valence-corrected chi connectivity index (χ0v) is 14.0. The number of aromatic nitrogens is 2. The number of piperidine rings is 1. The van der Waals surface area contributed by atoms with Crippen molar-refractivity contribution in [2.75, 3.05) is 13.1 Å². The zero-order valence-electron chi connectivity index (χ0n) is 14.0. The van der Waals surface area contributed by atoms with Gasteiger partial charge in [-0.15, -0.1) is 0 Å². The summed E-state index contributed by atoms with van der Waals surface area (Å²) in [6.07, 6.45) is 1.87. The van der Waals surface area contributed by atoms with Crippen LogP contribution < -0.4 is 5.43 Å². The third kappa shape index (κ3) is 3.07. The lowest BCUT2D eigenvalue weighted by atomic mass is 9.97. The van der Waals surface area contributed by atoms with Crippen LogP contribution in [0.2, 0.25) is 0 Å². The molecule has 1 amide bonds. The van der Waals surface area contributed by atoms with Crippen LogP contribution in [0.25, 0.3) is 11.0 Å². The molecule has 2 aromatic heterocycles. The average Bonchev–Trinajstić information content (AvgIpc) is 3.04. The van der Waals surface area contributed by atoms with Crippen LogP contribution in [0.4, 0.5) is 0 Å². The Morgan fingerprint density at radius 3 is 2.96 bits per heavy atom. The highest BCUT2D eigenvalue weighted by Gasteiger charge is 2.28. The maximum atomic E-state index is 12.7. The molecule has 128 valence electrons. The molecule has 4 rings (SSSR count). The number of aromatic amines is 1. The molecule has 0 saturated carbocycles. The van der Waals surface area contributed by atoms with Gasteiger partial charge in [-0.3, -0.25) is 9.59 Å². The molecule has 0 unspecified atom stereocenters. The zero-order chi connectivity index (χ0) is 17.4. The Bertz CT molecular complexity index is 956. The lowest BCUT2D eigenvalue weighted by Crippen LogP contribution is -2.39. The molecule has 0 bridgehead atoms. The van der Waals surface area contributed by atoms with E-state index in [1.807, 2.05) is 24.3 Å². The quantitative estimate of drug-likeness (QED) is 0.780. The maximum Gasteiger partial charge on any atom is 0.289 e. The van der Waals surface area contributed by atoms with Crippen LogP contribution in [0.5, 0.6) is 0 Å². The first-order valence-electron chi connectivity index (χ1n) is 8.46. The number of H-pyrrole nitrogens is 1. The van der Waals surface area contributed by atoms with E-state index >= 15 is 0 Å². The number of aryl methyl sites for hydroxylation is 1.